The molecule has 1 amide bonds. The van der Waals surface area contributed by atoms with Gasteiger partial charge in [-0.25, -0.2) is 0 Å². The standard InChI is InChI=1S/C34H41N3O3/c1-37(24-30(38)26-40-33-22-10-21-32-31(33)20-11-23-35-32)25-34(39)36-29(18-8-16-27-12-4-2-5-13-27)19-9-17-28-14-6-3-7-15-28/h2-7,10-15,20-23,29-30,38H,8-9,16-19,24-26H2,1H3,(H,36,39)/t30-/m1/s1. The number of nitrogens with zero attached hydrogens (tertiary/aromatic N) is 2. The van der Waals surface area contributed by atoms with Gasteiger partial charge in [0, 0.05) is 24.2 Å². The van der Waals surface area contributed by atoms with Gasteiger partial charge < -0.3 is 15.2 Å². The number of aliphatic hydroxyl groups is 1. The first-order valence-corrected chi connectivity index (χ1v) is 14.3. The summed E-state index contributed by atoms with van der Waals surface area (Å²) in [6.45, 7) is 0.702. The number of ether oxygens (including phenoxy) is 1. The SMILES string of the molecule is CN(CC(=O)NC(CCCc1ccccc1)CCCc1ccccc1)C[C@@H](O)COc1cccc2ncccc12. The Morgan fingerprint density at radius 1 is 0.875 bits per heavy atom. The van der Waals surface area contributed by atoms with Gasteiger partial charge in [0.15, 0.2) is 0 Å². The summed E-state index contributed by atoms with van der Waals surface area (Å²) in [5.41, 5.74) is 3.51. The third-order valence-electron chi connectivity index (χ3n) is 7.06. The maximum Gasteiger partial charge on any atom is 0.234 e. The second-order valence-corrected chi connectivity index (χ2v) is 10.5. The molecule has 0 fully saturated rings. The van der Waals surface area contributed by atoms with E-state index in [1.165, 1.54) is 11.1 Å². The van der Waals surface area contributed by atoms with Gasteiger partial charge >= 0.3 is 0 Å². The lowest BCUT2D eigenvalue weighted by Gasteiger charge is -2.23. The Kier molecular flexibility index (Phi) is 11.5. The largest absolute Gasteiger partial charge is 0.490 e. The van der Waals surface area contributed by atoms with Crippen molar-refractivity contribution in [3.8, 4) is 5.75 Å². The molecule has 3 aromatic carbocycles. The average Bonchev–Trinajstić information content (AvgIpc) is 2.97. The third kappa shape index (κ3) is 9.78. The molecule has 2 N–H and O–H groups in total. The van der Waals surface area contributed by atoms with Crippen molar-refractivity contribution in [2.45, 2.75) is 50.7 Å². The Hall–Kier alpha value is -3.74. The summed E-state index contributed by atoms with van der Waals surface area (Å²) in [7, 11) is 1.85. The van der Waals surface area contributed by atoms with E-state index in [1.54, 1.807) is 6.20 Å². The number of rotatable bonds is 16. The second kappa shape index (κ2) is 15.8. The fourth-order valence-electron chi connectivity index (χ4n) is 5.07. The van der Waals surface area contributed by atoms with Crippen LogP contribution in [0.3, 0.4) is 0 Å². The average molecular weight is 540 g/mol. The van der Waals surface area contributed by atoms with Crippen LogP contribution >= 0.6 is 0 Å². The van der Waals surface area contributed by atoms with E-state index in [2.05, 4.69) is 58.8 Å². The first-order chi connectivity index (χ1) is 19.6. The number of benzene rings is 3. The van der Waals surface area contributed by atoms with E-state index in [4.69, 9.17) is 4.74 Å². The monoisotopic (exact) mass is 539 g/mol. The number of hydrogen-bond acceptors (Lipinski definition) is 5. The van der Waals surface area contributed by atoms with Crippen LogP contribution in [0.5, 0.6) is 5.75 Å². The minimum Gasteiger partial charge on any atom is -0.490 e. The van der Waals surface area contributed by atoms with Crippen molar-refractivity contribution in [1.82, 2.24) is 15.2 Å². The number of fused-ring (bicyclic) bond motifs is 1. The summed E-state index contributed by atoms with van der Waals surface area (Å²) in [6, 6.07) is 30.6. The molecule has 0 saturated heterocycles. The second-order valence-electron chi connectivity index (χ2n) is 10.5. The van der Waals surface area contributed by atoms with Gasteiger partial charge in [0.2, 0.25) is 5.91 Å². The predicted molar refractivity (Wildman–Crippen MR) is 161 cm³/mol. The Balaban J connectivity index is 1.23. The zero-order chi connectivity index (χ0) is 28.0. The van der Waals surface area contributed by atoms with E-state index in [-0.39, 0.29) is 25.1 Å². The third-order valence-corrected chi connectivity index (χ3v) is 7.06. The highest BCUT2D eigenvalue weighted by molar-refractivity contribution is 5.84. The van der Waals surface area contributed by atoms with Crippen LogP contribution in [0.15, 0.2) is 97.2 Å². The molecule has 0 saturated carbocycles. The van der Waals surface area contributed by atoms with Crippen molar-refractivity contribution in [2.24, 2.45) is 0 Å². The summed E-state index contributed by atoms with van der Waals surface area (Å²) in [5, 5.41) is 14.8. The summed E-state index contributed by atoms with van der Waals surface area (Å²) >= 11 is 0. The zero-order valence-corrected chi connectivity index (χ0v) is 23.4. The van der Waals surface area contributed by atoms with Gasteiger partial charge in [0.05, 0.1) is 12.1 Å². The van der Waals surface area contributed by atoms with Gasteiger partial charge in [0.25, 0.3) is 0 Å². The molecular formula is C34H41N3O3. The molecule has 6 nitrogen and oxygen atoms in total. The highest BCUT2D eigenvalue weighted by Gasteiger charge is 2.17. The van der Waals surface area contributed by atoms with E-state index >= 15 is 0 Å². The number of nitrogens with one attached hydrogen (secondary N) is 1. The Labute approximate surface area is 238 Å². The van der Waals surface area contributed by atoms with Gasteiger partial charge in [-0.2, -0.15) is 0 Å². The van der Waals surface area contributed by atoms with Crippen LogP contribution < -0.4 is 10.1 Å². The first-order valence-electron chi connectivity index (χ1n) is 14.3. The van der Waals surface area contributed by atoms with E-state index < -0.39 is 6.10 Å². The molecule has 40 heavy (non-hydrogen) atoms. The number of aliphatic hydroxyl groups excluding tert-OH is 1. The molecule has 1 aromatic heterocycles. The van der Waals surface area contributed by atoms with E-state index in [0.29, 0.717) is 12.3 Å². The van der Waals surface area contributed by atoms with Crippen molar-refractivity contribution in [3.05, 3.63) is 108 Å². The van der Waals surface area contributed by atoms with Crippen LogP contribution in [0.2, 0.25) is 0 Å². The molecule has 4 rings (SSSR count). The van der Waals surface area contributed by atoms with Crippen molar-refractivity contribution < 1.29 is 14.6 Å². The number of amides is 1. The molecule has 0 unspecified atom stereocenters. The van der Waals surface area contributed by atoms with Crippen molar-refractivity contribution in [1.29, 1.82) is 0 Å². The number of carbonyl (C=O) groups excluding carboxylic acids is 1. The summed E-state index contributed by atoms with van der Waals surface area (Å²) in [4.78, 5) is 19.2. The molecule has 6 heteroatoms. The van der Waals surface area contributed by atoms with Crippen molar-refractivity contribution >= 4 is 16.8 Å². The van der Waals surface area contributed by atoms with Crippen LogP contribution in [0.1, 0.15) is 36.8 Å². The first kappa shape index (κ1) is 29.2. The number of likely N-dealkylation sites (N-methyl/N-ethyl adjacent to an activating group) is 1. The molecule has 1 heterocycles. The minimum atomic E-state index is -0.725. The molecule has 0 aliphatic rings. The smallest absolute Gasteiger partial charge is 0.234 e. The van der Waals surface area contributed by atoms with Gasteiger partial charge in [-0.1, -0.05) is 66.7 Å². The quantitative estimate of drug-likeness (QED) is 0.198. The topological polar surface area (TPSA) is 74.7 Å². The fourth-order valence-corrected chi connectivity index (χ4v) is 5.07. The van der Waals surface area contributed by atoms with Crippen LogP contribution in [0.4, 0.5) is 0 Å². The van der Waals surface area contributed by atoms with Gasteiger partial charge in [-0.15, -0.1) is 0 Å². The lowest BCUT2D eigenvalue weighted by molar-refractivity contribution is -0.123. The van der Waals surface area contributed by atoms with Crippen LogP contribution in [0, 0.1) is 0 Å². The zero-order valence-electron chi connectivity index (χ0n) is 23.4. The highest BCUT2D eigenvalue weighted by Crippen LogP contribution is 2.23. The normalized spacial score (nSPS) is 12.1. The van der Waals surface area contributed by atoms with Crippen molar-refractivity contribution in [2.75, 3.05) is 26.7 Å². The van der Waals surface area contributed by atoms with Crippen LogP contribution in [0.25, 0.3) is 10.9 Å². The minimum absolute atomic E-state index is 0.0137. The summed E-state index contributed by atoms with van der Waals surface area (Å²) in [6.07, 6.45) is 6.96. The lowest BCUT2D eigenvalue weighted by atomic mass is 9.99. The van der Waals surface area contributed by atoms with Gasteiger partial charge in [-0.3, -0.25) is 14.7 Å². The highest BCUT2D eigenvalue weighted by atomic mass is 16.5. The van der Waals surface area contributed by atoms with E-state index in [1.807, 2.05) is 54.4 Å². The Morgan fingerprint density at radius 3 is 2.17 bits per heavy atom. The lowest BCUT2D eigenvalue weighted by Crippen LogP contribution is -2.43. The van der Waals surface area contributed by atoms with Gasteiger partial charge in [0.1, 0.15) is 18.5 Å². The molecule has 0 aliphatic carbocycles. The molecule has 210 valence electrons. The number of aromatic nitrogens is 1. The molecule has 0 spiro atoms. The number of pyridine rings is 1. The van der Waals surface area contributed by atoms with Crippen LogP contribution in [-0.4, -0.2) is 59.8 Å². The summed E-state index contributed by atoms with van der Waals surface area (Å²) in [5.74, 6) is 0.680. The maximum atomic E-state index is 13.0. The number of carbonyl (C=O) groups is 1. The number of hydrogen-bond donors (Lipinski definition) is 2. The molecule has 0 bridgehead atoms. The van der Waals surface area contributed by atoms with E-state index in [0.717, 1.165) is 49.4 Å². The molecule has 0 radical (unpaired) electrons. The maximum absolute atomic E-state index is 13.0. The molecule has 1 atom stereocenters. The van der Waals surface area contributed by atoms with E-state index in [9.17, 15) is 9.90 Å². The fraction of sp³-hybridized carbons (Fsp3) is 0.353. The van der Waals surface area contributed by atoms with Gasteiger partial charge in [-0.05, 0) is 81.0 Å². The Bertz CT molecular complexity index is 1250. The van der Waals surface area contributed by atoms with Crippen molar-refractivity contribution in [3.63, 3.8) is 0 Å². The molecule has 0 aliphatic heterocycles. The predicted octanol–water partition coefficient (Wildman–Crippen LogP) is 5.44. The molecular weight excluding hydrogens is 498 g/mol. The summed E-state index contributed by atoms with van der Waals surface area (Å²) < 4.78 is 5.90. The Morgan fingerprint density at radius 2 is 1.52 bits per heavy atom. The van der Waals surface area contributed by atoms with Crippen LogP contribution in [-0.2, 0) is 17.6 Å². The molecule has 4 aromatic rings. The number of aryl methyl sites for hydroxylation is 2.